The Hall–Kier alpha value is -3.91. The molecule has 0 saturated heterocycles. The molecule has 3 N–H and O–H groups in total. The van der Waals surface area contributed by atoms with Gasteiger partial charge in [0.1, 0.15) is 5.58 Å². The van der Waals surface area contributed by atoms with Crippen molar-refractivity contribution in [2.45, 2.75) is 6.92 Å². The van der Waals surface area contributed by atoms with E-state index in [9.17, 15) is 9.59 Å². The van der Waals surface area contributed by atoms with Crippen LogP contribution in [0, 0.1) is 6.92 Å². The fraction of sp³-hybridized carbons (Fsp3) is 0.0455. The highest BCUT2D eigenvalue weighted by atomic mass is 32.1. The Bertz CT molecular complexity index is 1210. The number of para-hydroxylation sites is 1. The zero-order chi connectivity index (χ0) is 21.1. The van der Waals surface area contributed by atoms with Crippen LogP contribution < -0.4 is 16.0 Å². The van der Waals surface area contributed by atoms with Gasteiger partial charge in [-0.05, 0) is 61.1 Å². The van der Waals surface area contributed by atoms with Crippen molar-refractivity contribution in [1.29, 1.82) is 0 Å². The molecule has 0 bridgehead atoms. The molecule has 0 aliphatic carbocycles. The third-order valence-electron chi connectivity index (χ3n) is 4.36. The number of anilines is 2. The van der Waals surface area contributed by atoms with E-state index < -0.39 is 5.91 Å². The Morgan fingerprint density at radius 1 is 0.900 bits per heavy atom. The van der Waals surface area contributed by atoms with Gasteiger partial charge in [0.15, 0.2) is 16.6 Å². The summed E-state index contributed by atoms with van der Waals surface area (Å²) in [4.78, 5) is 24.6. The summed E-state index contributed by atoms with van der Waals surface area (Å²) in [7, 11) is 0. The number of amides is 2. The molecule has 0 fully saturated rings. The molecule has 0 atom stereocenters. The Morgan fingerprint density at radius 3 is 2.50 bits per heavy atom. The highest BCUT2D eigenvalue weighted by molar-refractivity contribution is 7.80. The van der Waals surface area contributed by atoms with Gasteiger partial charge in [0.25, 0.3) is 11.8 Å². The number of thiocarbonyl (C=S) groups is 1. The van der Waals surface area contributed by atoms with Crippen molar-refractivity contribution < 1.29 is 18.4 Å². The predicted octanol–water partition coefficient (Wildman–Crippen LogP) is 4.71. The first-order chi connectivity index (χ1) is 14.5. The average Bonchev–Trinajstić information content (AvgIpc) is 3.40. The van der Waals surface area contributed by atoms with E-state index >= 15 is 0 Å². The Labute approximate surface area is 177 Å². The van der Waals surface area contributed by atoms with Gasteiger partial charge in [-0.1, -0.05) is 24.3 Å². The third kappa shape index (κ3) is 4.23. The van der Waals surface area contributed by atoms with Gasteiger partial charge in [-0.3, -0.25) is 14.9 Å². The summed E-state index contributed by atoms with van der Waals surface area (Å²) in [6.07, 6.45) is 1.43. The predicted molar refractivity (Wildman–Crippen MR) is 118 cm³/mol. The molecule has 2 aromatic heterocycles. The zero-order valence-electron chi connectivity index (χ0n) is 15.9. The topological polar surface area (TPSA) is 96.5 Å². The number of hydrogen-bond donors (Lipinski definition) is 3. The summed E-state index contributed by atoms with van der Waals surface area (Å²) in [5.41, 5.74) is 2.70. The third-order valence-corrected chi connectivity index (χ3v) is 4.57. The highest BCUT2D eigenvalue weighted by Crippen LogP contribution is 2.22. The molecule has 0 spiro atoms. The molecule has 4 rings (SSSR count). The molecule has 0 aliphatic heterocycles. The van der Waals surface area contributed by atoms with E-state index in [4.69, 9.17) is 21.1 Å². The van der Waals surface area contributed by atoms with Crippen LogP contribution in [0.25, 0.3) is 11.0 Å². The smallest absolute Gasteiger partial charge is 0.293 e. The molecule has 150 valence electrons. The maximum Gasteiger partial charge on any atom is 0.293 e. The van der Waals surface area contributed by atoms with Crippen LogP contribution in [0.1, 0.15) is 26.7 Å². The van der Waals surface area contributed by atoms with E-state index in [2.05, 4.69) is 16.0 Å². The minimum atomic E-state index is -0.455. The second kappa shape index (κ2) is 8.22. The van der Waals surface area contributed by atoms with Crippen molar-refractivity contribution in [3.8, 4) is 0 Å². The van der Waals surface area contributed by atoms with Gasteiger partial charge in [0, 0.05) is 16.8 Å². The van der Waals surface area contributed by atoms with Crippen molar-refractivity contribution in [3.05, 3.63) is 84.0 Å². The van der Waals surface area contributed by atoms with Crippen LogP contribution in [-0.4, -0.2) is 16.9 Å². The molecule has 2 aromatic carbocycles. The highest BCUT2D eigenvalue weighted by Gasteiger charge is 2.15. The largest absolute Gasteiger partial charge is 0.459 e. The number of nitrogens with one attached hydrogen (secondary N) is 3. The number of fused-ring (bicyclic) bond motifs is 1. The lowest BCUT2D eigenvalue weighted by atomic mass is 10.2. The first kappa shape index (κ1) is 19.4. The molecule has 7 nitrogen and oxygen atoms in total. The summed E-state index contributed by atoms with van der Waals surface area (Å²) in [5, 5.41) is 9.27. The number of benzene rings is 2. The molecule has 2 amide bonds. The first-order valence-corrected chi connectivity index (χ1v) is 9.47. The molecular weight excluding hydrogens is 402 g/mol. The lowest BCUT2D eigenvalue weighted by molar-refractivity contribution is 0.0951. The molecular formula is C22H17N3O4S. The fourth-order valence-corrected chi connectivity index (χ4v) is 3.05. The SMILES string of the molecule is Cc1ccc(NC(=O)c2ccco2)cc1NC(=S)NC(=O)c1cc2ccccc2o1. The summed E-state index contributed by atoms with van der Waals surface area (Å²) in [5.74, 6) is -0.450. The van der Waals surface area contributed by atoms with Gasteiger partial charge in [0.2, 0.25) is 0 Å². The van der Waals surface area contributed by atoms with Crippen molar-refractivity contribution >= 4 is 51.5 Å². The van der Waals surface area contributed by atoms with E-state index in [-0.39, 0.29) is 22.5 Å². The monoisotopic (exact) mass is 419 g/mol. The Kier molecular flexibility index (Phi) is 5.32. The number of furan rings is 2. The lowest BCUT2D eigenvalue weighted by Crippen LogP contribution is -2.34. The van der Waals surface area contributed by atoms with Crippen LogP contribution in [-0.2, 0) is 0 Å². The second-order valence-corrected chi connectivity index (χ2v) is 6.93. The van der Waals surface area contributed by atoms with Crippen molar-refractivity contribution in [2.75, 3.05) is 10.6 Å². The fourth-order valence-electron chi connectivity index (χ4n) is 2.85. The number of rotatable bonds is 4. The molecule has 0 unspecified atom stereocenters. The molecule has 0 radical (unpaired) electrons. The summed E-state index contributed by atoms with van der Waals surface area (Å²) < 4.78 is 10.6. The van der Waals surface area contributed by atoms with Crippen LogP contribution in [0.3, 0.4) is 0 Å². The van der Waals surface area contributed by atoms with Crippen LogP contribution in [0.5, 0.6) is 0 Å². The molecule has 0 aliphatic rings. The van der Waals surface area contributed by atoms with Gasteiger partial charge in [-0.25, -0.2) is 0 Å². The van der Waals surface area contributed by atoms with Crippen LogP contribution >= 0.6 is 12.2 Å². The quantitative estimate of drug-likeness (QED) is 0.415. The standard InChI is InChI=1S/C22H17N3O4S/c1-13-8-9-15(23-20(26)18-7-4-10-28-18)12-16(13)24-22(30)25-21(27)19-11-14-5-2-3-6-17(14)29-19/h2-12H,1H3,(H,23,26)(H2,24,25,27,30). The molecule has 4 aromatic rings. The molecule has 0 saturated carbocycles. The summed E-state index contributed by atoms with van der Waals surface area (Å²) in [6.45, 7) is 1.88. The minimum absolute atomic E-state index is 0.109. The first-order valence-electron chi connectivity index (χ1n) is 9.06. The molecule has 2 heterocycles. The van der Waals surface area contributed by atoms with E-state index in [0.29, 0.717) is 17.0 Å². The zero-order valence-corrected chi connectivity index (χ0v) is 16.7. The van der Waals surface area contributed by atoms with Crippen LogP contribution in [0.15, 0.2) is 75.8 Å². The molecule has 8 heteroatoms. The van der Waals surface area contributed by atoms with Gasteiger partial charge in [0.05, 0.1) is 6.26 Å². The summed E-state index contributed by atoms with van der Waals surface area (Å²) >= 11 is 5.26. The number of carbonyl (C=O) groups is 2. The van der Waals surface area contributed by atoms with E-state index in [1.807, 2.05) is 31.2 Å². The van der Waals surface area contributed by atoms with E-state index in [1.54, 1.807) is 36.4 Å². The Morgan fingerprint density at radius 2 is 1.73 bits per heavy atom. The minimum Gasteiger partial charge on any atom is -0.459 e. The van der Waals surface area contributed by atoms with E-state index in [1.165, 1.54) is 6.26 Å². The van der Waals surface area contributed by atoms with Gasteiger partial charge in [-0.15, -0.1) is 0 Å². The van der Waals surface area contributed by atoms with Crippen LogP contribution in [0.4, 0.5) is 11.4 Å². The molecule has 30 heavy (non-hydrogen) atoms. The summed E-state index contributed by atoms with van der Waals surface area (Å²) in [6, 6.07) is 17.5. The van der Waals surface area contributed by atoms with Gasteiger partial charge < -0.3 is 19.5 Å². The number of carbonyl (C=O) groups excluding carboxylic acids is 2. The van der Waals surface area contributed by atoms with Crippen molar-refractivity contribution in [2.24, 2.45) is 0 Å². The van der Waals surface area contributed by atoms with E-state index in [0.717, 1.165) is 10.9 Å². The maximum atomic E-state index is 12.4. The van der Waals surface area contributed by atoms with Gasteiger partial charge >= 0.3 is 0 Å². The van der Waals surface area contributed by atoms with Crippen molar-refractivity contribution in [1.82, 2.24) is 5.32 Å². The maximum absolute atomic E-state index is 12.4. The lowest BCUT2D eigenvalue weighted by Gasteiger charge is -2.13. The number of aryl methyl sites for hydroxylation is 1. The number of hydrogen-bond acceptors (Lipinski definition) is 5. The average molecular weight is 419 g/mol. The van der Waals surface area contributed by atoms with Crippen molar-refractivity contribution in [3.63, 3.8) is 0 Å². The normalized spacial score (nSPS) is 10.6. The van der Waals surface area contributed by atoms with Crippen LogP contribution in [0.2, 0.25) is 0 Å². The second-order valence-electron chi connectivity index (χ2n) is 6.52. The van der Waals surface area contributed by atoms with Gasteiger partial charge in [-0.2, -0.15) is 0 Å². The Balaban J connectivity index is 1.43.